The quantitative estimate of drug-likeness (QED) is 0.841. The molecule has 0 aliphatic carbocycles. The first-order valence-corrected chi connectivity index (χ1v) is 6.76. The number of aliphatic hydroxyl groups is 1. The van der Waals surface area contributed by atoms with Gasteiger partial charge in [0.05, 0.1) is 6.54 Å². The minimum Gasteiger partial charge on any atom is -0.379 e. The summed E-state index contributed by atoms with van der Waals surface area (Å²) in [6, 6.07) is 17.9. The largest absolute Gasteiger partial charge is 0.379 e. The predicted octanol–water partition coefficient (Wildman–Crippen LogP) is 2.37. The highest BCUT2D eigenvalue weighted by molar-refractivity contribution is 5.43. The second-order valence-corrected chi connectivity index (χ2v) is 5.23. The second-order valence-electron chi connectivity index (χ2n) is 5.23. The summed E-state index contributed by atoms with van der Waals surface area (Å²) in [4.78, 5) is 2.11. The van der Waals surface area contributed by atoms with Gasteiger partial charge in [0.15, 0.2) is 0 Å². The average Bonchev–Trinajstić information content (AvgIpc) is 2.49. The summed E-state index contributed by atoms with van der Waals surface area (Å²) in [5.74, 6) is 2.67. The van der Waals surface area contributed by atoms with Crippen LogP contribution in [0.1, 0.15) is 16.7 Å². The maximum atomic E-state index is 11.3. The van der Waals surface area contributed by atoms with Crippen LogP contribution < -0.4 is 0 Å². The fourth-order valence-electron chi connectivity index (χ4n) is 2.97. The molecule has 0 spiro atoms. The monoisotopic (exact) mass is 263 g/mol. The Morgan fingerprint density at radius 3 is 2.55 bits per heavy atom. The molecular weight excluding hydrogens is 246 g/mol. The van der Waals surface area contributed by atoms with Crippen LogP contribution in [0.4, 0.5) is 0 Å². The van der Waals surface area contributed by atoms with E-state index in [0.717, 1.165) is 23.2 Å². The third-order valence-electron chi connectivity index (χ3n) is 3.88. The summed E-state index contributed by atoms with van der Waals surface area (Å²) in [5.41, 5.74) is 2.04. The molecule has 0 aromatic heterocycles. The smallest absolute Gasteiger partial charge is 0.128 e. The van der Waals surface area contributed by atoms with Crippen molar-refractivity contribution in [1.82, 2.24) is 4.90 Å². The van der Waals surface area contributed by atoms with Crippen molar-refractivity contribution < 1.29 is 5.11 Å². The van der Waals surface area contributed by atoms with Crippen molar-refractivity contribution in [2.45, 2.75) is 12.1 Å². The Labute approximate surface area is 119 Å². The summed E-state index contributed by atoms with van der Waals surface area (Å²) in [6.45, 7) is 1.86. The Bertz CT molecular complexity index is 644. The molecule has 1 N–H and O–H groups in total. The van der Waals surface area contributed by atoms with Gasteiger partial charge >= 0.3 is 0 Å². The van der Waals surface area contributed by atoms with Crippen LogP contribution >= 0.6 is 0 Å². The van der Waals surface area contributed by atoms with E-state index in [2.05, 4.69) is 16.9 Å². The lowest BCUT2D eigenvalue weighted by atomic mass is 9.80. The van der Waals surface area contributed by atoms with Crippen LogP contribution in [-0.4, -0.2) is 23.1 Å². The third kappa shape index (κ3) is 2.12. The zero-order valence-corrected chi connectivity index (χ0v) is 11.3. The molecule has 0 fully saturated rings. The standard InChI is InChI=1S/C18H17NO/c1-2-12-19-13-15-8-6-7-11-17(15)18(20,14-19)16-9-4-3-5-10-16/h1,3-11,20H,12-14H2. The molecule has 20 heavy (non-hydrogen) atoms. The van der Waals surface area contributed by atoms with Crippen molar-refractivity contribution >= 4 is 0 Å². The van der Waals surface area contributed by atoms with Gasteiger partial charge in [0.2, 0.25) is 0 Å². The van der Waals surface area contributed by atoms with Crippen molar-refractivity contribution in [3.05, 3.63) is 71.3 Å². The first-order chi connectivity index (χ1) is 9.74. The van der Waals surface area contributed by atoms with Gasteiger partial charge in [0.25, 0.3) is 0 Å². The first kappa shape index (κ1) is 12.9. The minimum absolute atomic E-state index is 0.526. The normalized spacial score (nSPS) is 22.0. The predicted molar refractivity (Wildman–Crippen MR) is 80.0 cm³/mol. The van der Waals surface area contributed by atoms with Gasteiger partial charge in [-0.2, -0.15) is 0 Å². The van der Waals surface area contributed by atoms with Crippen LogP contribution in [0.15, 0.2) is 54.6 Å². The number of benzene rings is 2. The van der Waals surface area contributed by atoms with E-state index in [1.165, 1.54) is 0 Å². The lowest BCUT2D eigenvalue weighted by Crippen LogP contribution is -2.46. The van der Waals surface area contributed by atoms with Crippen LogP contribution in [-0.2, 0) is 12.1 Å². The van der Waals surface area contributed by atoms with E-state index in [1.54, 1.807) is 0 Å². The molecule has 1 unspecified atom stereocenters. The number of rotatable bonds is 2. The molecule has 0 saturated heterocycles. The van der Waals surface area contributed by atoms with E-state index in [-0.39, 0.29) is 0 Å². The highest BCUT2D eigenvalue weighted by atomic mass is 16.3. The van der Waals surface area contributed by atoms with Crippen molar-refractivity contribution in [3.63, 3.8) is 0 Å². The van der Waals surface area contributed by atoms with Gasteiger partial charge in [-0.3, -0.25) is 4.90 Å². The molecule has 1 heterocycles. The third-order valence-corrected chi connectivity index (χ3v) is 3.88. The average molecular weight is 263 g/mol. The molecule has 0 amide bonds. The van der Waals surface area contributed by atoms with Crippen molar-refractivity contribution in [3.8, 4) is 12.3 Å². The summed E-state index contributed by atoms with van der Waals surface area (Å²) in [7, 11) is 0. The molecule has 0 saturated carbocycles. The zero-order chi connectivity index (χ0) is 14.0. The van der Waals surface area contributed by atoms with Gasteiger partial charge in [-0.1, -0.05) is 60.5 Å². The van der Waals surface area contributed by atoms with Gasteiger partial charge < -0.3 is 5.11 Å². The van der Waals surface area contributed by atoms with E-state index in [9.17, 15) is 5.11 Å². The fraction of sp³-hybridized carbons (Fsp3) is 0.222. The van der Waals surface area contributed by atoms with Crippen molar-refractivity contribution in [2.24, 2.45) is 0 Å². The highest BCUT2D eigenvalue weighted by Gasteiger charge is 2.38. The Kier molecular flexibility index (Phi) is 3.31. The Hall–Kier alpha value is -2.08. The molecule has 1 atom stereocenters. The topological polar surface area (TPSA) is 23.5 Å². The van der Waals surface area contributed by atoms with Crippen molar-refractivity contribution in [2.75, 3.05) is 13.1 Å². The Morgan fingerprint density at radius 2 is 1.80 bits per heavy atom. The molecule has 0 radical (unpaired) electrons. The number of β-amino-alcohol motifs (C(OH)–C–C–N with tert-alkyl or cyclic N) is 1. The van der Waals surface area contributed by atoms with Crippen LogP contribution in [0.3, 0.4) is 0 Å². The van der Waals surface area contributed by atoms with Crippen LogP contribution in [0.5, 0.6) is 0 Å². The number of hydrogen-bond acceptors (Lipinski definition) is 2. The highest BCUT2D eigenvalue weighted by Crippen LogP contribution is 2.36. The van der Waals surface area contributed by atoms with Gasteiger partial charge in [-0.05, 0) is 16.7 Å². The SMILES string of the molecule is C#CCN1Cc2ccccc2C(O)(c2ccccc2)C1. The molecule has 2 heteroatoms. The van der Waals surface area contributed by atoms with Crippen LogP contribution in [0.25, 0.3) is 0 Å². The molecule has 2 nitrogen and oxygen atoms in total. The number of nitrogens with zero attached hydrogens (tertiary/aromatic N) is 1. The maximum absolute atomic E-state index is 11.3. The van der Waals surface area contributed by atoms with Gasteiger partial charge in [0.1, 0.15) is 5.60 Å². The minimum atomic E-state index is -0.993. The van der Waals surface area contributed by atoms with Crippen LogP contribution in [0.2, 0.25) is 0 Å². The van der Waals surface area contributed by atoms with E-state index >= 15 is 0 Å². The summed E-state index contributed by atoms with van der Waals surface area (Å²) in [5, 5.41) is 11.3. The molecule has 100 valence electrons. The summed E-state index contributed by atoms with van der Waals surface area (Å²) in [6.07, 6.45) is 5.43. The number of hydrogen-bond donors (Lipinski definition) is 1. The number of fused-ring (bicyclic) bond motifs is 1. The molecule has 3 rings (SSSR count). The maximum Gasteiger partial charge on any atom is 0.128 e. The summed E-state index contributed by atoms with van der Waals surface area (Å²) < 4.78 is 0. The van der Waals surface area contributed by atoms with E-state index in [0.29, 0.717) is 13.1 Å². The van der Waals surface area contributed by atoms with E-state index in [1.807, 2.05) is 48.5 Å². The summed E-state index contributed by atoms with van der Waals surface area (Å²) >= 11 is 0. The van der Waals surface area contributed by atoms with Crippen LogP contribution in [0, 0.1) is 12.3 Å². The Morgan fingerprint density at radius 1 is 1.10 bits per heavy atom. The molecule has 0 bridgehead atoms. The van der Waals surface area contributed by atoms with E-state index in [4.69, 9.17) is 6.42 Å². The van der Waals surface area contributed by atoms with Gasteiger partial charge in [-0.25, -0.2) is 0 Å². The second kappa shape index (κ2) is 5.13. The Balaban J connectivity index is 2.12. The fourth-order valence-corrected chi connectivity index (χ4v) is 2.97. The van der Waals surface area contributed by atoms with Gasteiger partial charge in [-0.15, -0.1) is 6.42 Å². The van der Waals surface area contributed by atoms with Crippen molar-refractivity contribution in [1.29, 1.82) is 0 Å². The molecule has 1 aliphatic heterocycles. The number of terminal acetylenes is 1. The first-order valence-electron chi connectivity index (χ1n) is 6.76. The molecular formula is C18H17NO. The van der Waals surface area contributed by atoms with E-state index < -0.39 is 5.60 Å². The van der Waals surface area contributed by atoms with Gasteiger partial charge in [0, 0.05) is 13.1 Å². The lowest BCUT2D eigenvalue weighted by molar-refractivity contribution is 0.0236. The molecule has 1 aliphatic rings. The molecule has 2 aromatic carbocycles. The lowest BCUT2D eigenvalue weighted by Gasteiger charge is -2.40. The zero-order valence-electron chi connectivity index (χ0n) is 11.3. The molecule has 2 aromatic rings.